The van der Waals surface area contributed by atoms with Gasteiger partial charge in [0.2, 0.25) is 0 Å². The summed E-state index contributed by atoms with van der Waals surface area (Å²) in [6, 6.07) is 0.560. The van der Waals surface area contributed by atoms with E-state index in [4.69, 9.17) is 5.11 Å². The Hall–Kier alpha value is -0.120. The van der Waals surface area contributed by atoms with Gasteiger partial charge in [-0.15, -0.1) is 0 Å². The van der Waals surface area contributed by atoms with Crippen LogP contribution in [0.1, 0.15) is 47.0 Å². The highest BCUT2D eigenvalue weighted by atomic mass is 16.3. The standard InChI is InChI=1S/C15H32N2O/c1-5-7-17-11-13(10-15(2,3)4)9-14(12-17)16-6-8-18/h13-14,16,18H,5-12H2,1-4H3. The molecule has 0 saturated carbocycles. The van der Waals surface area contributed by atoms with Crippen molar-refractivity contribution in [3.8, 4) is 0 Å². The minimum Gasteiger partial charge on any atom is -0.395 e. The Morgan fingerprint density at radius 3 is 2.56 bits per heavy atom. The molecule has 18 heavy (non-hydrogen) atoms. The molecule has 1 aliphatic rings. The second-order valence-electron chi connectivity index (χ2n) is 7.00. The van der Waals surface area contributed by atoms with Gasteiger partial charge in [0.1, 0.15) is 0 Å². The topological polar surface area (TPSA) is 35.5 Å². The molecule has 0 aromatic rings. The van der Waals surface area contributed by atoms with Crippen molar-refractivity contribution >= 4 is 0 Å². The second kappa shape index (κ2) is 7.46. The Bertz CT molecular complexity index is 225. The molecule has 0 radical (unpaired) electrons. The first-order chi connectivity index (χ1) is 8.44. The fourth-order valence-corrected chi connectivity index (χ4v) is 3.23. The van der Waals surface area contributed by atoms with Crippen LogP contribution in [0.15, 0.2) is 0 Å². The summed E-state index contributed by atoms with van der Waals surface area (Å²) in [6.07, 6.45) is 3.79. The summed E-state index contributed by atoms with van der Waals surface area (Å²) in [6.45, 7) is 13.8. The van der Waals surface area contributed by atoms with Gasteiger partial charge in [-0.2, -0.15) is 0 Å². The molecule has 0 amide bonds. The molecule has 2 unspecified atom stereocenters. The maximum Gasteiger partial charge on any atom is 0.0556 e. The van der Waals surface area contributed by atoms with E-state index in [1.807, 2.05) is 0 Å². The highest BCUT2D eigenvalue weighted by Crippen LogP contribution is 2.30. The summed E-state index contributed by atoms with van der Waals surface area (Å²) >= 11 is 0. The number of nitrogens with zero attached hydrogens (tertiary/aromatic N) is 1. The van der Waals surface area contributed by atoms with Crippen LogP contribution in [0.5, 0.6) is 0 Å². The van der Waals surface area contributed by atoms with Gasteiger partial charge in [-0.1, -0.05) is 27.7 Å². The molecule has 1 fully saturated rings. The summed E-state index contributed by atoms with van der Waals surface area (Å²) in [7, 11) is 0. The van der Waals surface area contributed by atoms with E-state index in [0.29, 0.717) is 11.5 Å². The number of likely N-dealkylation sites (tertiary alicyclic amines) is 1. The van der Waals surface area contributed by atoms with E-state index < -0.39 is 0 Å². The van der Waals surface area contributed by atoms with Gasteiger partial charge in [-0.25, -0.2) is 0 Å². The van der Waals surface area contributed by atoms with Crippen molar-refractivity contribution in [2.24, 2.45) is 11.3 Å². The zero-order valence-electron chi connectivity index (χ0n) is 12.7. The molecule has 2 atom stereocenters. The monoisotopic (exact) mass is 256 g/mol. The molecule has 1 rings (SSSR count). The van der Waals surface area contributed by atoms with Crippen molar-refractivity contribution < 1.29 is 5.11 Å². The normalized spacial score (nSPS) is 26.5. The summed E-state index contributed by atoms with van der Waals surface area (Å²) in [5.41, 5.74) is 0.418. The molecule has 1 heterocycles. The molecule has 3 nitrogen and oxygen atoms in total. The first-order valence-electron chi connectivity index (χ1n) is 7.51. The lowest BCUT2D eigenvalue weighted by atomic mass is 9.80. The van der Waals surface area contributed by atoms with Crippen LogP contribution in [-0.2, 0) is 0 Å². The zero-order chi connectivity index (χ0) is 13.6. The van der Waals surface area contributed by atoms with Crippen molar-refractivity contribution in [2.45, 2.75) is 53.0 Å². The number of rotatable bonds is 6. The predicted octanol–water partition coefficient (Wildman–Crippen LogP) is 2.11. The van der Waals surface area contributed by atoms with Gasteiger partial charge < -0.3 is 15.3 Å². The fourth-order valence-electron chi connectivity index (χ4n) is 3.23. The van der Waals surface area contributed by atoms with Crippen LogP contribution in [0, 0.1) is 11.3 Å². The summed E-state index contributed by atoms with van der Waals surface area (Å²) in [5, 5.41) is 12.4. The van der Waals surface area contributed by atoms with Crippen LogP contribution in [0.3, 0.4) is 0 Å². The van der Waals surface area contributed by atoms with Crippen molar-refractivity contribution in [1.29, 1.82) is 0 Å². The van der Waals surface area contributed by atoms with E-state index in [1.165, 1.54) is 32.4 Å². The molecular weight excluding hydrogens is 224 g/mol. The Labute approximate surface area is 113 Å². The predicted molar refractivity (Wildman–Crippen MR) is 77.8 cm³/mol. The molecular formula is C15H32N2O. The maximum absolute atomic E-state index is 8.94. The minimum absolute atomic E-state index is 0.244. The number of aliphatic hydroxyl groups excluding tert-OH is 1. The quantitative estimate of drug-likeness (QED) is 0.764. The van der Waals surface area contributed by atoms with Gasteiger partial charge in [0, 0.05) is 25.7 Å². The van der Waals surface area contributed by atoms with Gasteiger partial charge in [-0.05, 0) is 37.1 Å². The van der Waals surface area contributed by atoms with Crippen LogP contribution >= 0.6 is 0 Å². The third-order valence-electron chi connectivity index (χ3n) is 3.60. The average molecular weight is 256 g/mol. The summed E-state index contributed by atoms with van der Waals surface area (Å²) in [4.78, 5) is 2.59. The molecule has 0 aromatic heterocycles. The number of piperidine rings is 1. The van der Waals surface area contributed by atoms with Gasteiger partial charge >= 0.3 is 0 Å². The highest BCUT2D eigenvalue weighted by molar-refractivity contribution is 4.85. The van der Waals surface area contributed by atoms with E-state index >= 15 is 0 Å². The van der Waals surface area contributed by atoms with Crippen molar-refractivity contribution in [3.63, 3.8) is 0 Å². The lowest BCUT2D eigenvalue weighted by Crippen LogP contribution is -2.50. The smallest absolute Gasteiger partial charge is 0.0556 e. The lowest BCUT2D eigenvalue weighted by molar-refractivity contribution is 0.111. The molecule has 108 valence electrons. The number of nitrogens with one attached hydrogen (secondary N) is 1. The highest BCUT2D eigenvalue weighted by Gasteiger charge is 2.29. The van der Waals surface area contributed by atoms with Gasteiger partial charge in [0.25, 0.3) is 0 Å². The number of hydrogen-bond acceptors (Lipinski definition) is 3. The van der Waals surface area contributed by atoms with Crippen LogP contribution in [0.4, 0.5) is 0 Å². The molecule has 0 aromatic carbocycles. The van der Waals surface area contributed by atoms with Gasteiger partial charge in [-0.3, -0.25) is 0 Å². The van der Waals surface area contributed by atoms with Crippen LogP contribution in [0.2, 0.25) is 0 Å². The van der Waals surface area contributed by atoms with E-state index in [0.717, 1.165) is 19.0 Å². The maximum atomic E-state index is 8.94. The largest absolute Gasteiger partial charge is 0.395 e. The average Bonchev–Trinajstić information content (AvgIpc) is 2.24. The lowest BCUT2D eigenvalue weighted by Gasteiger charge is -2.40. The second-order valence-corrected chi connectivity index (χ2v) is 7.00. The fraction of sp³-hybridized carbons (Fsp3) is 1.00. The minimum atomic E-state index is 0.244. The van der Waals surface area contributed by atoms with E-state index in [2.05, 4.69) is 37.9 Å². The third-order valence-corrected chi connectivity index (χ3v) is 3.60. The first kappa shape index (κ1) is 15.9. The Morgan fingerprint density at radius 1 is 1.28 bits per heavy atom. The molecule has 0 aliphatic carbocycles. The Morgan fingerprint density at radius 2 is 2.00 bits per heavy atom. The Balaban J connectivity index is 2.50. The summed E-state index contributed by atoms with van der Waals surface area (Å²) in [5.74, 6) is 0.793. The number of hydrogen-bond donors (Lipinski definition) is 2. The van der Waals surface area contributed by atoms with E-state index in [-0.39, 0.29) is 6.61 Å². The van der Waals surface area contributed by atoms with Gasteiger partial charge in [0.15, 0.2) is 0 Å². The molecule has 1 saturated heterocycles. The molecule has 0 spiro atoms. The van der Waals surface area contributed by atoms with Crippen molar-refractivity contribution in [1.82, 2.24) is 10.2 Å². The summed E-state index contributed by atoms with van der Waals surface area (Å²) < 4.78 is 0. The molecule has 3 heteroatoms. The zero-order valence-corrected chi connectivity index (χ0v) is 12.7. The van der Waals surface area contributed by atoms with E-state index in [9.17, 15) is 0 Å². The van der Waals surface area contributed by atoms with Crippen LogP contribution in [0.25, 0.3) is 0 Å². The molecule has 1 aliphatic heterocycles. The number of aliphatic hydroxyl groups is 1. The SMILES string of the molecule is CCCN1CC(CC(C)(C)C)CC(NCCO)C1. The van der Waals surface area contributed by atoms with Gasteiger partial charge in [0.05, 0.1) is 6.61 Å². The van der Waals surface area contributed by atoms with Crippen LogP contribution in [-0.4, -0.2) is 48.8 Å². The van der Waals surface area contributed by atoms with E-state index in [1.54, 1.807) is 0 Å². The van der Waals surface area contributed by atoms with Crippen LogP contribution < -0.4 is 5.32 Å². The first-order valence-corrected chi connectivity index (χ1v) is 7.51. The Kier molecular flexibility index (Phi) is 6.61. The van der Waals surface area contributed by atoms with Crippen molar-refractivity contribution in [2.75, 3.05) is 32.8 Å². The molecule has 0 bridgehead atoms. The third kappa shape index (κ3) is 6.17. The molecule has 2 N–H and O–H groups in total. The van der Waals surface area contributed by atoms with Crippen molar-refractivity contribution in [3.05, 3.63) is 0 Å².